The summed E-state index contributed by atoms with van der Waals surface area (Å²) in [6.07, 6.45) is 5.48. The lowest BCUT2D eigenvalue weighted by Gasteiger charge is -2.13. The van der Waals surface area contributed by atoms with Gasteiger partial charge in [0.15, 0.2) is 0 Å². The van der Waals surface area contributed by atoms with Crippen LogP contribution in [0.5, 0.6) is 0 Å². The van der Waals surface area contributed by atoms with Gasteiger partial charge < -0.3 is 10.4 Å². The van der Waals surface area contributed by atoms with Gasteiger partial charge in [0.25, 0.3) is 0 Å². The molecule has 0 aromatic carbocycles. The van der Waals surface area contributed by atoms with Crippen LogP contribution in [-0.4, -0.2) is 23.7 Å². The van der Waals surface area contributed by atoms with Gasteiger partial charge in [0, 0.05) is 12.6 Å². The third-order valence-corrected chi connectivity index (χ3v) is 1.67. The standard InChI is InChI=1S/C10H17NO2/c1-3-5-9(6-4-2)11-8-7-10(12)13/h3-4,9,11H,1-2,5-8H2,(H,12,13). The van der Waals surface area contributed by atoms with Gasteiger partial charge in [0.1, 0.15) is 0 Å². The van der Waals surface area contributed by atoms with Gasteiger partial charge in [0.05, 0.1) is 6.42 Å². The Morgan fingerprint density at radius 3 is 2.31 bits per heavy atom. The summed E-state index contributed by atoms with van der Waals surface area (Å²) >= 11 is 0. The molecule has 0 heterocycles. The highest BCUT2D eigenvalue weighted by Gasteiger charge is 2.04. The maximum atomic E-state index is 10.2. The molecule has 0 aromatic rings. The van der Waals surface area contributed by atoms with Gasteiger partial charge in [-0.3, -0.25) is 4.79 Å². The van der Waals surface area contributed by atoms with E-state index in [0.29, 0.717) is 6.54 Å². The minimum absolute atomic E-state index is 0.158. The first-order valence-electron chi connectivity index (χ1n) is 4.37. The molecule has 0 bridgehead atoms. The molecule has 0 saturated carbocycles. The molecular formula is C10H17NO2. The lowest BCUT2D eigenvalue weighted by molar-refractivity contribution is -0.136. The summed E-state index contributed by atoms with van der Waals surface area (Å²) in [5.74, 6) is -0.775. The number of carbonyl (C=O) groups is 1. The second-order valence-electron chi connectivity index (χ2n) is 2.84. The van der Waals surface area contributed by atoms with E-state index in [4.69, 9.17) is 5.11 Å². The molecule has 0 aliphatic rings. The molecule has 13 heavy (non-hydrogen) atoms. The highest BCUT2D eigenvalue weighted by Crippen LogP contribution is 1.99. The molecule has 3 heteroatoms. The molecule has 0 amide bonds. The van der Waals surface area contributed by atoms with Gasteiger partial charge >= 0.3 is 5.97 Å². The summed E-state index contributed by atoms with van der Waals surface area (Å²) in [5, 5.41) is 11.5. The number of hydrogen-bond acceptors (Lipinski definition) is 2. The van der Waals surface area contributed by atoms with E-state index < -0.39 is 5.97 Å². The average Bonchev–Trinajstić information content (AvgIpc) is 2.04. The van der Waals surface area contributed by atoms with Crippen LogP contribution in [0, 0.1) is 0 Å². The molecule has 0 aliphatic heterocycles. The molecular weight excluding hydrogens is 166 g/mol. The summed E-state index contributed by atoms with van der Waals surface area (Å²) < 4.78 is 0. The van der Waals surface area contributed by atoms with E-state index in [0.717, 1.165) is 12.8 Å². The van der Waals surface area contributed by atoms with E-state index in [-0.39, 0.29) is 12.5 Å². The van der Waals surface area contributed by atoms with Crippen LogP contribution in [0.3, 0.4) is 0 Å². The first kappa shape index (κ1) is 11.9. The second-order valence-corrected chi connectivity index (χ2v) is 2.84. The Labute approximate surface area is 79.2 Å². The molecule has 0 saturated heterocycles. The number of hydrogen-bond donors (Lipinski definition) is 2. The number of carboxylic acid groups (broad SMARTS) is 1. The van der Waals surface area contributed by atoms with E-state index in [2.05, 4.69) is 18.5 Å². The van der Waals surface area contributed by atoms with E-state index >= 15 is 0 Å². The van der Waals surface area contributed by atoms with Gasteiger partial charge in [-0.05, 0) is 12.8 Å². The van der Waals surface area contributed by atoms with Gasteiger partial charge in [-0.15, -0.1) is 13.2 Å². The normalized spacial score (nSPS) is 9.92. The SMILES string of the molecule is C=CCC(CC=C)NCCC(=O)O. The van der Waals surface area contributed by atoms with Crippen molar-refractivity contribution in [3.8, 4) is 0 Å². The average molecular weight is 183 g/mol. The fourth-order valence-electron chi connectivity index (χ4n) is 1.05. The number of carboxylic acids is 1. The van der Waals surface area contributed by atoms with Crippen LogP contribution in [-0.2, 0) is 4.79 Å². The maximum absolute atomic E-state index is 10.2. The zero-order valence-electron chi connectivity index (χ0n) is 7.83. The van der Waals surface area contributed by atoms with Crippen molar-refractivity contribution in [2.24, 2.45) is 0 Å². The van der Waals surface area contributed by atoms with Crippen molar-refractivity contribution >= 4 is 5.97 Å². The van der Waals surface area contributed by atoms with Crippen LogP contribution in [0.1, 0.15) is 19.3 Å². The predicted molar refractivity (Wildman–Crippen MR) is 53.7 cm³/mol. The second kappa shape index (κ2) is 7.55. The fraction of sp³-hybridized carbons (Fsp3) is 0.500. The highest BCUT2D eigenvalue weighted by atomic mass is 16.4. The Morgan fingerprint density at radius 1 is 1.38 bits per heavy atom. The summed E-state index contributed by atoms with van der Waals surface area (Å²) in [7, 11) is 0. The third-order valence-electron chi connectivity index (χ3n) is 1.67. The Hall–Kier alpha value is -1.09. The van der Waals surface area contributed by atoms with Gasteiger partial charge in [0.2, 0.25) is 0 Å². The lowest BCUT2D eigenvalue weighted by atomic mass is 10.1. The lowest BCUT2D eigenvalue weighted by Crippen LogP contribution is -2.30. The first-order valence-corrected chi connectivity index (χ1v) is 4.37. The molecule has 0 fully saturated rings. The van der Waals surface area contributed by atoms with Crippen LogP contribution in [0.15, 0.2) is 25.3 Å². The number of rotatable bonds is 8. The Bertz CT molecular complexity index is 168. The largest absolute Gasteiger partial charge is 0.481 e. The van der Waals surface area contributed by atoms with Gasteiger partial charge in [-0.2, -0.15) is 0 Å². The van der Waals surface area contributed by atoms with Crippen molar-refractivity contribution in [3.05, 3.63) is 25.3 Å². The summed E-state index contributed by atoms with van der Waals surface area (Å²) in [5.41, 5.74) is 0. The van der Waals surface area contributed by atoms with Crippen LogP contribution in [0.2, 0.25) is 0 Å². The zero-order valence-corrected chi connectivity index (χ0v) is 7.83. The zero-order chi connectivity index (χ0) is 10.1. The first-order chi connectivity index (χ1) is 6.20. The molecule has 0 spiro atoms. The molecule has 0 rings (SSSR count). The van der Waals surface area contributed by atoms with E-state index in [1.165, 1.54) is 0 Å². The molecule has 0 unspecified atom stereocenters. The molecule has 74 valence electrons. The Morgan fingerprint density at radius 2 is 1.92 bits per heavy atom. The van der Waals surface area contributed by atoms with E-state index in [9.17, 15) is 4.79 Å². The van der Waals surface area contributed by atoms with Crippen LogP contribution < -0.4 is 5.32 Å². The number of aliphatic carboxylic acids is 1. The van der Waals surface area contributed by atoms with Gasteiger partial charge in [-0.1, -0.05) is 12.2 Å². The van der Waals surface area contributed by atoms with Gasteiger partial charge in [-0.25, -0.2) is 0 Å². The smallest absolute Gasteiger partial charge is 0.304 e. The van der Waals surface area contributed by atoms with E-state index in [1.807, 2.05) is 12.2 Å². The third kappa shape index (κ3) is 7.28. The molecule has 0 aromatic heterocycles. The minimum Gasteiger partial charge on any atom is -0.481 e. The molecule has 0 atom stereocenters. The van der Waals surface area contributed by atoms with Crippen molar-refractivity contribution in [1.82, 2.24) is 5.32 Å². The number of nitrogens with one attached hydrogen (secondary N) is 1. The summed E-state index contributed by atoms with van der Waals surface area (Å²) in [6.45, 7) is 7.77. The minimum atomic E-state index is -0.775. The topological polar surface area (TPSA) is 49.3 Å². The van der Waals surface area contributed by atoms with Crippen LogP contribution >= 0.6 is 0 Å². The fourth-order valence-corrected chi connectivity index (χ4v) is 1.05. The molecule has 0 radical (unpaired) electrons. The maximum Gasteiger partial charge on any atom is 0.304 e. The Kier molecular flexibility index (Phi) is 6.92. The molecule has 2 N–H and O–H groups in total. The quantitative estimate of drug-likeness (QED) is 0.561. The van der Waals surface area contributed by atoms with E-state index in [1.54, 1.807) is 0 Å². The summed E-state index contributed by atoms with van der Waals surface area (Å²) in [6, 6.07) is 0.273. The summed E-state index contributed by atoms with van der Waals surface area (Å²) in [4.78, 5) is 10.2. The monoisotopic (exact) mass is 183 g/mol. The Balaban J connectivity index is 3.60. The van der Waals surface area contributed by atoms with Crippen molar-refractivity contribution in [2.45, 2.75) is 25.3 Å². The van der Waals surface area contributed by atoms with Crippen molar-refractivity contribution < 1.29 is 9.90 Å². The van der Waals surface area contributed by atoms with Crippen molar-refractivity contribution in [2.75, 3.05) is 6.54 Å². The van der Waals surface area contributed by atoms with Crippen LogP contribution in [0.4, 0.5) is 0 Å². The molecule has 3 nitrogen and oxygen atoms in total. The highest BCUT2D eigenvalue weighted by molar-refractivity contribution is 5.66. The van der Waals surface area contributed by atoms with Crippen LogP contribution in [0.25, 0.3) is 0 Å². The van der Waals surface area contributed by atoms with Crippen molar-refractivity contribution in [3.63, 3.8) is 0 Å². The molecule has 0 aliphatic carbocycles. The van der Waals surface area contributed by atoms with Crippen molar-refractivity contribution in [1.29, 1.82) is 0 Å². The predicted octanol–water partition coefficient (Wildman–Crippen LogP) is 1.57.